The van der Waals surface area contributed by atoms with Gasteiger partial charge in [0.05, 0.1) is 18.7 Å². The number of ether oxygens (including phenoxy) is 1. The van der Waals surface area contributed by atoms with E-state index < -0.39 is 5.97 Å². The first-order chi connectivity index (χ1) is 10.4. The monoisotopic (exact) mass is 324 g/mol. The highest BCUT2D eigenvalue weighted by atomic mass is 32.1. The summed E-state index contributed by atoms with van der Waals surface area (Å²) < 4.78 is 5.10. The molecule has 1 aromatic heterocycles. The Hall–Kier alpha value is -1.89. The standard InChI is InChI=1S/C15H20N2O4S/c1-4-21-15(20)13-11(10-5-6-10)8-22-14(13)16-12(19)7-17(3)9(2)18/h8,10H,4-7H2,1-3H3,(H,16,19). The van der Waals surface area contributed by atoms with Crippen molar-refractivity contribution in [3.05, 3.63) is 16.5 Å². The maximum atomic E-state index is 12.2. The molecule has 0 unspecified atom stereocenters. The lowest BCUT2D eigenvalue weighted by Gasteiger charge is -2.14. The van der Waals surface area contributed by atoms with Crippen molar-refractivity contribution in [2.75, 3.05) is 25.5 Å². The number of esters is 1. The van der Waals surface area contributed by atoms with Gasteiger partial charge in [-0.1, -0.05) is 0 Å². The van der Waals surface area contributed by atoms with Crippen molar-refractivity contribution in [3.8, 4) is 0 Å². The number of carbonyl (C=O) groups excluding carboxylic acids is 3. The molecule has 1 saturated carbocycles. The predicted molar refractivity (Wildman–Crippen MR) is 84.2 cm³/mol. The second-order valence-corrected chi connectivity index (χ2v) is 6.19. The zero-order chi connectivity index (χ0) is 16.3. The van der Waals surface area contributed by atoms with Gasteiger partial charge in [-0.05, 0) is 36.6 Å². The summed E-state index contributed by atoms with van der Waals surface area (Å²) in [5.41, 5.74) is 1.42. The Kier molecular flexibility index (Phi) is 5.18. The van der Waals surface area contributed by atoms with Crippen LogP contribution in [0.25, 0.3) is 0 Å². The highest BCUT2D eigenvalue weighted by Gasteiger charge is 2.32. The summed E-state index contributed by atoms with van der Waals surface area (Å²) in [4.78, 5) is 36.6. The van der Waals surface area contributed by atoms with Crippen LogP contribution >= 0.6 is 11.3 Å². The number of nitrogens with one attached hydrogen (secondary N) is 1. The molecule has 0 atom stereocenters. The molecule has 1 aromatic rings. The van der Waals surface area contributed by atoms with E-state index in [9.17, 15) is 14.4 Å². The summed E-state index contributed by atoms with van der Waals surface area (Å²) in [6.07, 6.45) is 2.12. The minimum atomic E-state index is -0.402. The summed E-state index contributed by atoms with van der Waals surface area (Å²) >= 11 is 1.33. The van der Waals surface area contributed by atoms with Crippen LogP contribution in [0.15, 0.2) is 5.38 Å². The van der Waals surface area contributed by atoms with Crippen LogP contribution in [-0.2, 0) is 14.3 Å². The van der Waals surface area contributed by atoms with Gasteiger partial charge < -0.3 is 15.0 Å². The van der Waals surface area contributed by atoms with Crippen LogP contribution in [0.5, 0.6) is 0 Å². The summed E-state index contributed by atoms with van der Waals surface area (Å²) in [6, 6.07) is 0. The van der Waals surface area contributed by atoms with Crippen molar-refractivity contribution in [1.29, 1.82) is 0 Å². The second kappa shape index (κ2) is 6.91. The minimum Gasteiger partial charge on any atom is -0.462 e. The Morgan fingerprint density at radius 1 is 1.41 bits per heavy atom. The van der Waals surface area contributed by atoms with Gasteiger partial charge in [0, 0.05) is 14.0 Å². The fourth-order valence-corrected chi connectivity index (χ4v) is 3.11. The first-order valence-corrected chi connectivity index (χ1v) is 8.12. The topological polar surface area (TPSA) is 75.7 Å². The van der Waals surface area contributed by atoms with Gasteiger partial charge in [0.25, 0.3) is 0 Å². The SMILES string of the molecule is CCOC(=O)c1c(C2CC2)csc1NC(=O)CN(C)C(C)=O. The summed E-state index contributed by atoms with van der Waals surface area (Å²) in [5, 5.41) is 5.14. The van der Waals surface area contributed by atoms with Crippen LogP contribution in [0.3, 0.4) is 0 Å². The van der Waals surface area contributed by atoms with Gasteiger partial charge in [-0.2, -0.15) is 0 Å². The van der Waals surface area contributed by atoms with Crippen LogP contribution < -0.4 is 5.32 Å². The van der Waals surface area contributed by atoms with Crippen molar-refractivity contribution in [2.45, 2.75) is 32.6 Å². The van der Waals surface area contributed by atoms with E-state index in [1.54, 1.807) is 14.0 Å². The highest BCUT2D eigenvalue weighted by molar-refractivity contribution is 7.15. The molecule has 7 heteroatoms. The van der Waals surface area contributed by atoms with Crippen molar-refractivity contribution in [3.63, 3.8) is 0 Å². The van der Waals surface area contributed by atoms with Crippen LogP contribution in [0, 0.1) is 0 Å². The van der Waals surface area contributed by atoms with E-state index >= 15 is 0 Å². The van der Waals surface area contributed by atoms with E-state index in [-0.39, 0.29) is 18.4 Å². The van der Waals surface area contributed by atoms with Crippen LogP contribution in [-0.4, -0.2) is 42.9 Å². The number of thiophene rings is 1. The average molecular weight is 324 g/mol. The Balaban J connectivity index is 2.14. The molecule has 0 aliphatic heterocycles. The molecule has 1 aliphatic rings. The molecule has 1 fully saturated rings. The fourth-order valence-electron chi connectivity index (χ4n) is 2.06. The van der Waals surface area contributed by atoms with E-state index in [2.05, 4.69) is 5.32 Å². The van der Waals surface area contributed by atoms with E-state index in [1.165, 1.54) is 23.2 Å². The quantitative estimate of drug-likeness (QED) is 0.814. The Morgan fingerprint density at radius 2 is 2.09 bits per heavy atom. The number of likely N-dealkylation sites (N-methyl/N-ethyl adjacent to an activating group) is 1. The smallest absolute Gasteiger partial charge is 0.341 e. The zero-order valence-corrected chi connectivity index (χ0v) is 13.8. The Labute approximate surface area is 133 Å². The molecule has 2 amide bonds. The van der Waals surface area contributed by atoms with Crippen LogP contribution in [0.2, 0.25) is 0 Å². The lowest BCUT2D eigenvalue weighted by molar-refractivity contribution is -0.131. The second-order valence-electron chi connectivity index (χ2n) is 5.31. The van der Waals surface area contributed by atoms with Crippen molar-refractivity contribution in [1.82, 2.24) is 4.90 Å². The fraction of sp³-hybridized carbons (Fsp3) is 0.533. The molecule has 0 aromatic carbocycles. The first-order valence-electron chi connectivity index (χ1n) is 7.24. The summed E-state index contributed by atoms with van der Waals surface area (Å²) in [7, 11) is 1.55. The van der Waals surface area contributed by atoms with Gasteiger partial charge in [-0.25, -0.2) is 4.79 Å². The molecular formula is C15H20N2O4S. The normalized spacial score (nSPS) is 13.6. The molecule has 1 heterocycles. The molecule has 120 valence electrons. The largest absolute Gasteiger partial charge is 0.462 e. The van der Waals surface area contributed by atoms with Crippen molar-refractivity contribution in [2.24, 2.45) is 0 Å². The molecular weight excluding hydrogens is 304 g/mol. The van der Waals surface area contributed by atoms with Gasteiger partial charge in [0.2, 0.25) is 11.8 Å². The lowest BCUT2D eigenvalue weighted by atomic mass is 10.1. The molecule has 0 saturated heterocycles. The van der Waals surface area contributed by atoms with Gasteiger partial charge in [-0.15, -0.1) is 11.3 Å². The third-order valence-electron chi connectivity index (χ3n) is 3.49. The number of nitrogens with zero attached hydrogens (tertiary/aromatic N) is 1. The highest BCUT2D eigenvalue weighted by Crippen LogP contribution is 2.46. The molecule has 0 spiro atoms. The van der Waals surface area contributed by atoms with E-state index in [4.69, 9.17) is 4.74 Å². The maximum Gasteiger partial charge on any atom is 0.341 e. The third-order valence-corrected chi connectivity index (χ3v) is 4.40. The van der Waals surface area contributed by atoms with Crippen molar-refractivity contribution >= 4 is 34.1 Å². The molecule has 1 N–H and O–H groups in total. The zero-order valence-electron chi connectivity index (χ0n) is 13.0. The number of carbonyl (C=O) groups is 3. The van der Waals surface area contributed by atoms with Crippen LogP contribution in [0.4, 0.5) is 5.00 Å². The molecule has 22 heavy (non-hydrogen) atoms. The third kappa shape index (κ3) is 3.85. The number of hydrogen-bond acceptors (Lipinski definition) is 5. The Morgan fingerprint density at radius 3 is 2.64 bits per heavy atom. The molecule has 0 bridgehead atoms. The molecule has 1 aliphatic carbocycles. The summed E-state index contributed by atoms with van der Waals surface area (Å²) in [6.45, 7) is 3.39. The number of amides is 2. The summed E-state index contributed by atoms with van der Waals surface area (Å²) in [5.74, 6) is -0.528. The van der Waals surface area contributed by atoms with Gasteiger partial charge in [-0.3, -0.25) is 9.59 Å². The average Bonchev–Trinajstić information content (AvgIpc) is 3.20. The van der Waals surface area contributed by atoms with Gasteiger partial charge in [0.1, 0.15) is 5.00 Å². The van der Waals surface area contributed by atoms with Crippen molar-refractivity contribution < 1.29 is 19.1 Å². The number of hydrogen-bond donors (Lipinski definition) is 1. The lowest BCUT2D eigenvalue weighted by Crippen LogP contribution is -2.33. The van der Waals surface area contributed by atoms with Gasteiger partial charge >= 0.3 is 5.97 Å². The number of rotatable bonds is 6. The van der Waals surface area contributed by atoms with E-state index in [0.717, 1.165) is 18.4 Å². The Bertz CT molecular complexity index is 592. The molecule has 0 radical (unpaired) electrons. The minimum absolute atomic E-state index is 0.0474. The van der Waals surface area contributed by atoms with Crippen LogP contribution in [0.1, 0.15) is 48.5 Å². The van der Waals surface area contributed by atoms with E-state index in [1.807, 2.05) is 5.38 Å². The van der Waals surface area contributed by atoms with E-state index in [0.29, 0.717) is 23.1 Å². The van der Waals surface area contributed by atoms with Gasteiger partial charge in [0.15, 0.2) is 0 Å². The predicted octanol–water partition coefficient (Wildman–Crippen LogP) is 2.22. The first kappa shape index (κ1) is 16.5. The number of anilines is 1. The maximum absolute atomic E-state index is 12.2. The molecule has 2 rings (SSSR count). The molecule has 6 nitrogen and oxygen atoms in total.